The fraction of sp³-hybridized carbons (Fsp3) is 0.182. The van der Waals surface area contributed by atoms with Crippen molar-refractivity contribution in [2.75, 3.05) is 12.0 Å². The summed E-state index contributed by atoms with van der Waals surface area (Å²) in [7, 11) is 1.28. The lowest BCUT2D eigenvalue weighted by Crippen LogP contribution is -2.24. The molecule has 1 heterocycles. The average molecular weight is 442 g/mol. The summed E-state index contributed by atoms with van der Waals surface area (Å²) < 4.78 is 5.66. The number of hydrogen-bond donors (Lipinski definition) is 1. The minimum Gasteiger partial charge on any atom is -0.507 e. The van der Waals surface area contributed by atoms with Gasteiger partial charge < -0.3 is 9.84 Å². The zero-order valence-electron chi connectivity index (χ0n) is 16.0. The summed E-state index contributed by atoms with van der Waals surface area (Å²) in [6.07, 6.45) is 1.51. The molecule has 0 saturated carbocycles. The highest BCUT2D eigenvalue weighted by Crippen LogP contribution is 2.37. The van der Waals surface area contributed by atoms with Crippen molar-refractivity contribution in [2.24, 2.45) is 0 Å². The molecule has 0 atom stereocenters. The van der Waals surface area contributed by atoms with E-state index in [0.29, 0.717) is 16.9 Å². The number of carbonyl (C=O) groups excluding carboxylic acids is 2. The van der Waals surface area contributed by atoms with Gasteiger partial charge in [-0.1, -0.05) is 22.0 Å². The molecule has 1 aliphatic heterocycles. The summed E-state index contributed by atoms with van der Waals surface area (Å²) in [5.74, 6) is -0.934. The van der Waals surface area contributed by atoms with Crippen LogP contribution in [0.25, 0.3) is 6.08 Å². The molecule has 144 valence electrons. The van der Waals surface area contributed by atoms with E-state index in [-0.39, 0.29) is 22.8 Å². The number of methoxy groups -OCH3 is 1. The van der Waals surface area contributed by atoms with E-state index >= 15 is 0 Å². The monoisotopic (exact) mass is 441 g/mol. The summed E-state index contributed by atoms with van der Waals surface area (Å²) in [6.45, 7) is 5.62. The second-order valence-corrected chi connectivity index (χ2v) is 7.62. The molecule has 2 aromatic carbocycles. The number of carbonyl (C=O) groups is 2. The standard InChI is InChI=1S/C22H20BrNO4/c1-12-7-13(2)9-17(8-12)24-14(3)20(22(27)28-4)18(21(24)26)11-15-10-16(23)5-6-19(15)25/h5-11,25H,1-4H3/b18-11-. The highest BCUT2D eigenvalue weighted by atomic mass is 79.9. The Bertz CT molecular complexity index is 1030. The van der Waals surface area contributed by atoms with E-state index < -0.39 is 5.97 Å². The Morgan fingerprint density at radius 2 is 1.75 bits per heavy atom. The van der Waals surface area contributed by atoms with E-state index in [2.05, 4.69) is 15.9 Å². The van der Waals surface area contributed by atoms with E-state index in [4.69, 9.17) is 4.74 Å². The number of esters is 1. The molecule has 0 spiro atoms. The molecule has 0 radical (unpaired) electrons. The van der Waals surface area contributed by atoms with Crippen molar-refractivity contribution < 1.29 is 19.4 Å². The van der Waals surface area contributed by atoms with Gasteiger partial charge in [0.1, 0.15) is 5.75 Å². The number of amides is 1. The smallest absolute Gasteiger partial charge is 0.340 e. The zero-order valence-corrected chi connectivity index (χ0v) is 17.6. The molecule has 1 N–H and O–H groups in total. The van der Waals surface area contributed by atoms with Crippen LogP contribution in [0.4, 0.5) is 5.69 Å². The van der Waals surface area contributed by atoms with Crippen molar-refractivity contribution >= 4 is 39.6 Å². The van der Waals surface area contributed by atoms with Crippen LogP contribution >= 0.6 is 15.9 Å². The summed E-state index contributed by atoms with van der Waals surface area (Å²) >= 11 is 3.36. The van der Waals surface area contributed by atoms with Gasteiger partial charge in [0, 0.05) is 21.4 Å². The van der Waals surface area contributed by atoms with Gasteiger partial charge in [0.05, 0.1) is 18.3 Å². The first-order valence-electron chi connectivity index (χ1n) is 8.65. The molecule has 1 aliphatic rings. The molecular formula is C22H20BrNO4. The molecule has 3 rings (SSSR count). The maximum atomic E-state index is 13.3. The van der Waals surface area contributed by atoms with Crippen LogP contribution in [0.5, 0.6) is 5.75 Å². The van der Waals surface area contributed by atoms with E-state index in [9.17, 15) is 14.7 Å². The maximum absolute atomic E-state index is 13.3. The van der Waals surface area contributed by atoms with Gasteiger partial charge in [0.15, 0.2) is 0 Å². The van der Waals surface area contributed by atoms with Gasteiger partial charge in [-0.25, -0.2) is 4.79 Å². The fourth-order valence-corrected chi connectivity index (χ4v) is 3.75. The molecule has 0 fully saturated rings. The average Bonchev–Trinajstić information content (AvgIpc) is 2.87. The number of hydrogen-bond acceptors (Lipinski definition) is 4. The maximum Gasteiger partial charge on any atom is 0.340 e. The fourth-order valence-electron chi connectivity index (χ4n) is 3.37. The number of ether oxygens (including phenoxy) is 1. The van der Waals surface area contributed by atoms with Crippen LogP contribution in [-0.4, -0.2) is 24.1 Å². The molecule has 0 bridgehead atoms. The number of phenolic OH excluding ortho intramolecular Hbond substituents is 1. The lowest BCUT2D eigenvalue weighted by Gasteiger charge is -2.19. The summed E-state index contributed by atoms with van der Waals surface area (Å²) in [6, 6.07) is 10.7. The van der Waals surface area contributed by atoms with Crippen LogP contribution < -0.4 is 4.90 Å². The van der Waals surface area contributed by atoms with Gasteiger partial charge in [-0.05, 0) is 68.3 Å². The van der Waals surface area contributed by atoms with Crippen molar-refractivity contribution in [3.63, 3.8) is 0 Å². The van der Waals surface area contributed by atoms with Gasteiger partial charge in [-0.2, -0.15) is 0 Å². The van der Waals surface area contributed by atoms with Crippen LogP contribution in [0.3, 0.4) is 0 Å². The molecule has 6 heteroatoms. The third kappa shape index (κ3) is 3.60. The van der Waals surface area contributed by atoms with Gasteiger partial charge >= 0.3 is 5.97 Å². The Morgan fingerprint density at radius 3 is 2.36 bits per heavy atom. The number of phenols is 1. The Kier molecular flexibility index (Phi) is 5.42. The number of allylic oxidation sites excluding steroid dienone is 1. The van der Waals surface area contributed by atoms with Crippen LogP contribution in [0.2, 0.25) is 0 Å². The first kappa shape index (κ1) is 19.9. The highest BCUT2D eigenvalue weighted by Gasteiger charge is 2.38. The Labute approximate surface area is 172 Å². The molecule has 0 unspecified atom stereocenters. The van der Waals surface area contributed by atoms with Gasteiger partial charge in [-0.3, -0.25) is 9.69 Å². The van der Waals surface area contributed by atoms with Crippen molar-refractivity contribution in [1.82, 2.24) is 0 Å². The van der Waals surface area contributed by atoms with Crippen LogP contribution in [0.1, 0.15) is 23.6 Å². The number of aryl methyl sites for hydroxylation is 2. The molecule has 28 heavy (non-hydrogen) atoms. The Hall–Kier alpha value is -2.86. The minimum atomic E-state index is -0.599. The SMILES string of the molecule is COC(=O)C1=C(C)N(c2cc(C)cc(C)c2)C(=O)/C1=C\c1cc(Br)ccc1O. The third-order valence-corrected chi connectivity index (χ3v) is 5.04. The highest BCUT2D eigenvalue weighted by molar-refractivity contribution is 9.10. The lowest BCUT2D eigenvalue weighted by molar-refractivity contribution is -0.136. The number of rotatable bonds is 3. The number of benzene rings is 2. The second kappa shape index (κ2) is 7.64. The van der Waals surface area contributed by atoms with E-state index in [1.54, 1.807) is 19.1 Å². The van der Waals surface area contributed by atoms with E-state index in [0.717, 1.165) is 15.6 Å². The van der Waals surface area contributed by atoms with Gasteiger partial charge in [0.25, 0.3) is 5.91 Å². The quantitative estimate of drug-likeness (QED) is 0.555. The number of nitrogens with zero attached hydrogens (tertiary/aromatic N) is 1. The largest absolute Gasteiger partial charge is 0.507 e. The first-order valence-corrected chi connectivity index (χ1v) is 9.44. The molecule has 2 aromatic rings. The summed E-state index contributed by atoms with van der Waals surface area (Å²) in [5.41, 5.74) is 3.98. The predicted octanol–water partition coefficient (Wildman–Crippen LogP) is 4.65. The molecule has 0 saturated heterocycles. The number of aromatic hydroxyl groups is 1. The molecular weight excluding hydrogens is 422 g/mol. The van der Waals surface area contributed by atoms with Crippen molar-refractivity contribution in [1.29, 1.82) is 0 Å². The van der Waals surface area contributed by atoms with Crippen LogP contribution in [0.15, 0.2) is 57.7 Å². The molecule has 1 amide bonds. The van der Waals surface area contributed by atoms with Gasteiger partial charge in [0.2, 0.25) is 0 Å². The zero-order chi connectivity index (χ0) is 20.6. The summed E-state index contributed by atoms with van der Waals surface area (Å²) in [4.78, 5) is 27.3. The predicted molar refractivity (Wildman–Crippen MR) is 112 cm³/mol. The summed E-state index contributed by atoms with van der Waals surface area (Å²) in [5, 5.41) is 10.2. The van der Waals surface area contributed by atoms with Crippen LogP contribution in [0, 0.1) is 13.8 Å². The van der Waals surface area contributed by atoms with Gasteiger partial charge in [-0.15, -0.1) is 0 Å². The van der Waals surface area contributed by atoms with E-state index in [1.807, 2.05) is 32.0 Å². The molecule has 0 aromatic heterocycles. The Balaban J connectivity index is 2.20. The van der Waals surface area contributed by atoms with Crippen molar-refractivity contribution in [3.05, 3.63) is 74.4 Å². The molecule has 5 nitrogen and oxygen atoms in total. The second-order valence-electron chi connectivity index (χ2n) is 6.70. The lowest BCUT2D eigenvalue weighted by atomic mass is 10.0. The van der Waals surface area contributed by atoms with Crippen molar-refractivity contribution in [2.45, 2.75) is 20.8 Å². The van der Waals surface area contributed by atoms with E-state index in [1.165, 1.54) is 24.2 Å². The Morgan fingerprint density at radius 1 is 1.11 bits per heavy atom. The third-order valence-electron chi connectivity index (χ3n) is 4.54. The first-order chi connectivity index (χ1) is 13.2. The normalized spacial score (nSPS) is 15.5. The number of halogens is 1. The molecule has 0 aliphatic carbocycles. The number of anilines is 1. The van der Waals surface area contributed by atoms with Crippen LogP contribution in [-0.2, 0) is 14.3 Å². The topological polar surface area (TPSA) is 66.8 Å². The van der Waals surface area contributed by atoms with Crippen molar-refractivity contribution in [3.8, 4) is 5.75 Å². The minimum absolute atomic E-state index is 0.00946.